The van der Waals surface area contributed by atoms with Gasteiger partial charge in [0.15, 0.2) is 0 Å². The summed E-state index contributed by atoms with van der Waals surface area (Å²) in [4.78, 5) is 4.76. The fourth-order valence-electron chi connectivity index (χ4n) is 1.66. The van der Waals surface area contributed by atoms with E-state index in [1.807, 2.05) is 0 Å². The number of hydrogen-bond donors (Lipinski definition) is 0. The highest BCUT2D eigenvalue weighted by Gasteiger charge is 2.19. The van der Waals surface area contributed by atoms with Gasteiger partial charge in [-0.3, -0.25) is 4.90 Å². The molecular weight excluding hydrogens is 184 g/mol. The Labute approximate surface area is 86.8 Å². The molecule has 1 aliphatic heterocycles. The zero-order chi connectivity index (χ0) is 9.68. The summed E-state index contributed by atoms with van der Waals surface area (Å²) in [6.45, 7) is 6.81. The predicted octanol–water partition coefficient (Wildman–Crippen LogP) is 1.99. The third-order valence-electron chi connectivity index (χ3n) is 2.73. The van der Waals surface area contributed by atoms with Gasteiger partial charge in [0, 0.05) is 26.2 Å². The van der Waals surface area contributed by atoms with E-state index in [0.717, 1.165) is 32.6 Å². The Morgan fingerprint density at radius 1 is 1.23 bits per heavy atom. The normalized spacial score (nSPS) is 23.3. The summed E-state index contributed by atoms with van der Waals surface area (Å²) in [5, 5.41) is 0. The van der Waals surface area contributed by atoms with Gasteiger partial charge in [0.25, 0.3) is 0 Å². The fraction of sp³-hybridized carbons (Fsp3) is 1.00. The minimum atomic E-state index is 0.272. The first-order valence-electron chi connectivity index (χ1n) is 5.30. The Balaban J connectivity index is 2.19. The van der Waals surface area contributed by atoms with Crippen molar-refractivity contribution in [2.75, 3.05) is 33.2 Å². The highest BCUT2D eigenvalue weighted by atomic mass is 35.5. The quantitative estimate of drug-likeness (QED) is 0.511. The van der Waals surface area contributed by atoms with E-state index >= 15 is 0 Å². The SMILES string of the molecule is CCCCC(Cl)N1CCN(C)CC1. The van der Waals surface area contributed by atoms with Gasteiger partial charge in [0.1, 0.15) is 0 Å². The number of rotatable bonds is 4. The van der Waals surface area contributed by atoms with E-state index in [2.05, 4.69) is 23.8 Å². The molecular formula is C10H21ClN2. The van der Waals surface area contributed by atoms with Gasteiger partial charge in [-0.1, -0.05) is 19.8 Å². The molecule has 1 rings (SSSR count). The Morgan fingerprint density at radius 3 is 2.38 bits per heavy atom. The van der Waals surface area contributed by atoms with Gasteiger partial charge in [-0.05, 0) is 13.5 Å². The lowest BCUT2D eigenvalue weighted by molar-refractivity contribution is 0.137. The van der Waals surface area contributed by atoms with Gasteiger partial charge in [-0.15, -0.1) is 11.6 Å². The summed E-state index contributed by atoms with van der Waals surface area (Å²) >= 11 is 6.29. The molecule has 1 aliphatic rings. The van der Waals surface area contributed by atoms with E-state index < -0.39 is 0 Å². The van der Waals surface area contributed by atoms with Crippen LogP contribution in [0.1, 0.15) is 26.2 Å². The highest BCUT2D eigenvalue weighted by molar-refractivity contribution is 6.20. The first kappa shape index (κ1) is 11.3. The van der Waals surface area contributed by atoms with Crippen LogP contribution in [-0.4, -0.2) is 48.5 Å². The standard InChI is InChI=1S/C10H21ClN2/c1-3-4-5-10(11)13-8-6-12(2)7-9-13/h10H,3-9H2,1-2H3. The Bertz CT molecular complexity index is 133. The topological polar surface area (TPSA) is 6.48 Å². The molecule has 0 radical (unpaired) electrons. The van der Waals surface area contributed by atoms with Crippen LogP contribution in [0.15, 0.2) is 0 Å². The molecule has 0 N–H and O–H groups in total. The molecule has 2 nitrogen and oxygen atoms in total. The van der Waals surface area contributed by atoms with E-state index in [0.29, 0.717) is 0 Å². The van der Waals surface area contributed by atoms with Gasteiger partial charge in [-0.2, -0.15) is 0 Å². The van der Waals surface area contributed by atoms with E-state index in [1.165, 1.54) is 12.8 Å². The Hall–Kier alpha value is 0.210. The molecule has 0 amide bonds. The van der Waals surface area contributed by atoms with E-state index in [9.17, 15) is 0 Å². The van der Waals surface area contributed by atoms with Crippen LogP contribution in [-0.2, 0) is 0 Å². The van der Waals surface area contributed by atoms with E-state index in [4.69, 9.17) is 11.6 Å². The third kappa shape index (κ3) is 3.84. The fourth-order valence-corrected chi connectivity index (χ4v) is 2.01. The summed E-state index contributed by atoms with van der Waals surface area (Å²) in [6.07, 6.45) is 3.64. The zero-order valence-corrected chi connectivity index (χ0v) is 9.56. The number of piperazine rings is 1. The minimum absolute atomic E-state index is 0.272. The molecule has 0 aliphatic carbocycles. The summed E-state index contributed by atoms with van der Waals surface area (Å²) in [5.41, 5.74) is 0.272. The first-order chi connectivity index (χ1) is 6.24. The molecule has 1 unspecified atom stereocenters. The molecule has 1 atom stereocenters. The number of alkyl halides is 1. The molecule has 3 heteroatoms. The van der Waals surface area contributed by atoms with Crippen molar-refractivity contribution < 1.29 is 0 Å². The molecule has 1 saturated heterocycles. The minimum Gasteiger partial charge on any atom is -0.304 e. The van der Waals surface area contributed by atoms with Gasteiger partial charge < -0.3 is 4.90 Å². The third-order valence-corrected chi connectivity index (χ3v) is 3.22. The zero-order valence-electron chi connectivity index (χ0n) is 8.80. The lowest BCUT2D eigenvalue weighted by Gasteiger charge is -2.35. The molecule has 1 heterocycles. The molecule has 0 spiro atoms. The molecule has 0 aromatic heterocycles. The summed E-state index contributed by atoms with van der Waals surface area (Å²) in [5.74, 6) is 0. The smallest absolute Gasteiger partial charge is 0.0851 e. The van der Waals surface area contributed by atoms with Crippen LogP contribution in [0, 0.1) is 0 Å². The Morgan fingerprint density at radius 2 is 1.85 bits per heavy atom. The van der Waals surface area contributed by atoms with Crippen molar-refractivity contribution in [3.8, 4) is 0 Å². The molecule has 0 aromatic rings. The summed E-state index contributed by atoms with van der Waals surface area (Å²) in [6, 6.07) is 0. The van der Waals surface area contributed by atoms with Crippen molar-refractivity contribution in [1.29, 1.82) is 0 Å². The van der Waals surface area contributed by atoms with Crippen LogP contribution < -0.4 is 0 Å². The van der Waals surface area contributed by atoms with Crippen molar-refractivity contribution in [1.82, 2.24) is 9.80 Å². The van der Waals surface area contributed by atoms with Gasteiger partial charge in [0.05, 0.1) is 5.50 Å². The molecule has 0 bridgehead atoms. The van der Waals surface area contributed by atoms with E-state index in [-0.39, 0.29) is 5.50 Å². The summed E-state index contributed by atoms with van der Waals surface area (Å²) < 4.78 is 0. The highest BCUT2D eigenvalue weighted by Crippen LogP contribution is 2.14. The maximum atomic E-state index is 6.29. The number of likely N-dealkylation sites (N-methyl/N-ethyl adjacent to an activating group) is 1. The van der Waals surface area contributed by atoms with Gasteiger partial charge >= 0.3 is 0 Å². The predicted molar refractivity (Wildman–Crippen MR) is 58.2 cm³/mol. The van der Waals surface area contributed by atoms with Crippen LogP contribution in [0.4, 0.5) is 0 Å². The number of hydrogen-bond acceptors (Lipinski definition) is 2. The average Bonchev–Trinajstić information content (AvgIpc) is 2.15. The molecule has 0 aromatic carbocycles. The van der Waals surface area contributed by atoms with Crippen molar-refractivity contribution in [3.05, 3.63) is 0 Å². The van der Waals surface area contributed by atoms with Crippen LogP contribution in [0.3, 0.4) is 0 Å². The maximum absolute atomic E-state index is 6.29. The van der Waals surface area contributed by atoms with Gasteiger partial charge in [-0.25, -0.2) is 0 Å². The van der Waals surface area contributed by atoms with Crippen molar-refractivity contribution in [2.45, 2.75) is 31.7 Å². The number of halogens is 1. The lowest BCUT2D eigenvalue weighted by Crippen LogP contribution is -2.47. The van der Waals surface area contributed by atoms with Crippen molar-refractivity contribution in [2.24, 2.45) is 0 Å². The number of unbranched alkanes of at least 4 members (excludes halogenated alkanes) is 1. The molecule has 0 saturated carbocycles. The Kier molecular flexibility index (Phi) is 5.07. The van der Waals surface area contributed by atoms with Crippen LogP contribution in [0.5, 0.6) is 0 Å². The van der Waals surface area contributed by atoms with Crippen LogP contribution >= 0.6 is 11.6 Å². The van der Waals surface area contributed by atoms with Crippen LogP contribution in [0.25, 0.3) is 0 Å². The summed E-state index contributed by atoms with van der Waals surface area (Å²) in [7, 11) is 2.17. The van der Waals surface area contributed by atoms with Crippen LogP contribution in [0.2, 0.25) is 0 Å². The van der Waals surface area contributed by atoms with Crippen molar-refractivity contribution in [3.63, 3.8) is 0 Å². The first-order valence-corrected chi connectivity index (χ1v) is 5.74. The molecule has 78 valence electrons. The molecule has 1 fully saturated rings. The number of nitrogens with zero attached hydrogens (tertiary/aromatic N) is 2. The lowest BCUT2D eigenvalue weighted by atomic mass is 10.2. The average molecular weight is 205 g/mol. The largest absolute Gasteiger partial charge is 0.304 e. The second-order valence-electron chi connectivity index (χ2n) is 3.92. The maximum Gasteiger partial charge on any atom is 0.0851 e. The van der Waals surface area contributed by atoms with E-state index in [1.54, 1.807) is 0 Å². The second kappa shape index (κ2) is 5.84. The van der Waals surface area contributed by atoms with Gasteiger partial charge in [0.2, 0.25) is 0 Å². The van der Waals surface area contributed by atoms with Crippen molar-refractivity contribution >= 4 is 11.6 Å². The molecule has 13 heavy (non-hydrogen) atoms. The monoisotopic (exact) mass is 204 g/mol. The second-order valence-corrected chi connectivity index (χ2v) is 4.42.